The van der Waals surface area contributed by atoms with Crippen LogP contribution in [0.15, 0.2) is 36.4 Å². The van der Waals surface area contributed by atoms with Gasteiger partial charge in [0.2, 0.25) is 5.88 Å². The summed E-state index contributed by atoms with van der Waals surface area (Å²) in [4.78, 5) is 20.9. The van der Waals surface area contributed by atoms with Crippen LogP contribution in [0.3, 0.4) is 0 Å². The molecule has 0 spiro atoms. The van der Waals surface area contributed by atoms with Crippen LogP contribution in [-0.4, -0.2) is 48.3 Å². The zero-order chi connectivity index (χ0) is 24.1. The van der Waals surface area contributed by atoms with E-state index in [4.69, 9.17) is 20.9 Å². The van der Waals surface area contributed by atoms with Gasteiger partial charge in [0.05, 0.1) is 17.7 Å². The highest BCUT2D eigenvalue weighted by atomic mass is 19.1. The summed E-state index contributed by atoms with van der Waals surface area (Å²) in [5.41, 5.74) is 12.9. The first-order chi connectivity index (χ1) is 16.4. The van der Waals surface area contributed by atoms with Gasteiger partial charge in [-0.15, -0.1) is 0 Å². The average Bonchev–Trinajstić information content (AvgIpc) is 2.82. The molecule has 1 aliphatic rings. The lowest BCUT2D eigenvalue weighted by atomic mass is 9.91. The lowest BCUT2D eigenvalue weighted by Gasteiger charge is -2.30. The quantitative estimate of drug-likeness (QED) is 0.351. The molecule has 9 nitrogen and oxygen atoms in total. The van der Waals surface area contributed by atoms with Gasteiger partial charge in [0.25, 0.3) is 5.91 Å². The number of aromatic nitrogens is 2. The molecule has 0 radical (unpaired) electrons. The maximum Gasteiger partial charge on any atom is 0.252 e. The van der Waals surface area contributed by atoms with Crippen molar-refractivity contribution in [3.8, 4) is 5.88 Å². The largest absolute Gasteiger partial charge is 0.475 e. The molecule has 1 saturated carbocycles. The molecule has 0 bridgehead atoms. The Kier molecular flexibility index (Phi) is 7.39. The summed E-state index contributed by atoms with van der Waals surface area (Å²) in [6, 6.07) is 10.1. The molecule has 4 rings (SSSR count). The third kappa shape index (κ3) is 5.52. The van der Waals surface area contributed by atoms with Gasteiger partial charge >= 0.3 is 0 Å². The van der Waals surface area contributed by atoms with Crippen molar-refractivity contribution in [2.75, 3.05) is 31.0 Å². The maximum absolute atomic E-state index is 14.8. The zero-order valence-electron chi connectivity index (χ0n) is 19.0. The smallest absolute Gasteiger partial charge is 0.252 e. The fourth-order valence-corrected chi connectivity index (χ4v) is 4.01. The van der Waals surface area contributed by atoms with Crippen molar-refractivity contribution in [2.45, 2.75) is 37.8 Å². The number of benzene rings is 1. The number of methoxy groups -OCH3 is 1. The van der Waals surface area contributed by atoms with Gasteiger partial charge in [0.15, 0.2) is 11.6 Å². The lowest BCUT2D eigenvalue weighted by molar-refractivity contribution is 0.100. The van der Waals surface area contributed by atoms with Gasteiger partial charge in [0.1, 0.15) is 12.4 Å². The van der Waals surface area contributed by atoms with Crippen LogP contribution in [-0.2, 0) is 4.74 Å². The molecule has 0 aliphatic heterocycles. The number of halogens is 1. The van der Waals surface area contributed by atoms with E-state index in [1.807, 2.05) is 18.2 Å². The molecular formula is C24H29FN6O3. The Morgan fingerprint density at radius 2 is 1.91 bits per heavy atom. The van der Waals surface area contributed by atoms with E-state index in [-0.39, 0.29) is 29.3 Å². The highest BCUT2D eigenvalue weighted by molar-refractivity contribution is 5.99. The van der Waals surface area contributed by atoms with Crippen LogP contribution < -0.4 is 26.8 Å². The SMILES string of the molecule is COCCOc1ccc2ccc(Nc3nc(NC4CCCCC4N)c(F)cc3C(N)=O)cc2n1. The highest BCUT2D eigenvalue weighted by Gasteiger charge is 2.24. The van der Waals surface area contributed by atoms with E-state index in [0.717, 1.165) is 37.1 Å². The highest BCUT2D eigenvalue weighted by Crippen LogP contribution is 2.28. The minimum Gasteiger partial charge on any atom is -0.475 e. The summed E-state index contributed by atoms with van der Waals surface area (Å²) in [5.74, 6) is -0.803. The Hall–Kier alpha value is -3.50. The Bertz CT molecular complexity index is 1170. The maximum atomic E-state index is 14.8. The first kappa shape index (κ1) is 23.7. The van der Waals surface area contributed by atoms with Crippen molar-refractivity contribution >= 4 is 34.1 Å². The number of hydrogen-bond acceptors (Lipinski definition) is 8. The molecule has 180 valence electrons. The lowest BCUT2D eigenvalue weighted by Crippen LogP contribution is -2.43. The van der Waals surface area contributed by atoms with Crippen molar-refractivity contribution in [1.29, 1.82) is 0 Å². The van der Waals surface area contributed by atoms with Crippen molar-refractivity contribution < 1.29 is 18.7 Å². The van der Waals surface area contributed by atoms with E-state index < -0.39 is 11.7 Å². The number of ether oxygens (including phenoxy) is 2. The van der Waals surface area contributed by atoms with Crippen LogP contribution in [0.1, 0.15) is 36.0 Å². The molecule has 3 aromatic rings. The number of primary amides is 1. The average molecular weight is 469 g/mol. The van der Waals surface area contributed by atoms with Crippen LogP contribution in [0.5, 0.6) is 5.88 Å². The Morgan fingerprint density at radius 1 is 1.12 bits per heavy atom. The van der Waals surface area contributed by atoms with Gasteiger partial charge in [-0.2, -0.15) is 0 Å². The monoisotopic (exact) mass is 468 g/mol. The van der Waals surface area contributed by atoms with Crippen molar-refractivity contribution in [1.82, 2.24) is 9.97 Å². The van der Waals surface area contributed by atoms with E-state index in [9.17, 15) is 9.18 Å². The van der Waals surface area contributed by atoms with Crippen molar-refractivity contribution in [3.63, 3.8) is 0 Å². The van der Waals surface area contributed by atoms with Gasteiger partial charge < -0.3 is 31.6 Å². The second kappa shape index (κ2) is 10.6. The normalized spacial score (nSPS) is 18.0. The Balaban J connectivity index is 1.61. The first-order valence-corrected chi connectivity index (χ1v) is 11.3. The zero-order valence-corrected chi connectivity index (χ0v) is 19.0. The molecule has 1 amide bonds. The number of amides is 1. The van der Waals surface area contributed by atoms with Crippen LogP contribution in [0, 0.1) is 5.82 Å². The summed E-state index contributed by atoms with van der Waals surface area (Å²) in [7, 11) is 1.60. The minimum atomic E-state index is -0.789. The molecule has 1 aromatic carbocycles. The Labute approximate surface area is 197 Å². The molecule has 2 aromatic heterocycles. The van der Waals surface area contributed by atoms with Gasteiger partial charge in [-0.25, -0.2) is 14.4 Å². The molecule has 0 saturated heterocycles. The molecule has 1 aliphatic carbocycles. The van der Waals surface area contributed by atoms with E-state index in [1.165, 1.54) is 0 Å². The molecule has 2 heterocycles. The third-order valence-electron chi connectivity index (χ3n) is 5.85. The van der Waals surface area contributed by atoms with Crippen molar-refractivity contribution in [3.05, 3.63) is 47.8 Å². The van der Waals surface area contributed by atoms with E-state index in [0.29, 0.717) is 30.3 Å². The number of nitrogens with one attached hydrogen (secondary N) is 2. The minimum absolute atomic E-state index is 0.0302. The number of nitrogens with two attached hydrogens (primary N) is 2. The van der Waals surface area contributed by atoms with Crippen molar-refractivity contribution in [2.24, 2.45) is 11.5 Å². The summed E-state index contributed by atoms with van der Waals surface area (Å²) in [6.07, 6.45) is 3.76. The number of carbonyl (C=O) groups is 1. The Morgan fingerprint density at radius 3 is 2.68 bits per heavy atom. The predicted octanol–water partition coefficient (Wildman–Crippen LogP) is 3.32. The van der Waals surface area contributed by atoms with E-state index in [2.05, 4.69) is 20.6 Å². The van der Waals surface area contributed by atoms with Gasteiger partial charge in [-0.1, -0.05) is 18.9 Å². The molecule has 2 atom stereocenters. The molecule has 1 fully saturated rings. The summed E-state index contributed by atoms with van der Waals surface area (Å²) >= 11 is 0. The number of nitrogens with zero attached hydrogens (tertiary/aromatic N) is 2. The standard InChI is InChI=1S/C24H29FN6O3/c1-33-10-11-34-21-9-7-14-6-8-15(12-20(14)29-21)28-23-16(22(27)32)13-17(25)24(31-23)30-19-5-3-2-4-18(19)26/h6-9,12-13,18-19H,2-5,10-11,26H2,1H3,(H2,27,32)(H2,28,30,31). The van der Waals surface area contributed by atoms with Crippen LogP contribution >= 0.6 is 0 Å². The molecular weight excluding hydrogens is 439 g/mol. The van der Waals surface area contributed by atoms with E-state index >= 15 is 0 Å². The van der Waals surface area contributed by atoms with Gasteiger partial charge in [-0.05, 0) is 37.1 Å². The first-order valence-electron chi connectivity index (χ1n) is 11.3. The summed E-state index contributed by atoms with van der Waals surface area (Å²) in [5, 5.41) is 7.10. The third-order valence-corrected chi connectivity index (χ3v) is 5.85. The number of fused-ring (bicyclic) bond motifs is 1. The number of anilines is 3. The topological polar surface area (TPSA) is 137 Å². The fraction of sp³-hybridized carbons (Fsp3) is 0.375. The number of carbonyl (C=O) groups excluding carboxylic acids is 1. The van der Waals surface area contributed by atoms with E-state index in [1.54, 1.807) is 19.2 Å². The van der Waals surface area contributed by atoms with Gasteiger partial charge in [-0.3, -0.25) is 4.79 Å². The van der Waals surface area contributed by atoms with Gasteiger partial charge in [0, 0.05) is 36.3 Å². The second-order valence-electron chi connectivity index (χ2n) is 8.30. The fourth-order valence-electron chi connectivity index (χ4n) is 4.01. The summed E-state index contributed by atoms with van der Waals surface area (Å²) in [6.45, 7) is 0.838. The van der Waals surface area contributed by atoms with Crippen LogP contribution in [0.25, 0.3) is 10.9 Å². The number of pyridine rings is 2. The summed E-state index contributed by atoms with van der Waals surface area (Å²) < 4.78 is 25.3. The van der Waals surface area contributed by atoms with Crippen LogP contribution in [0.4, 0.5) is 21.7 Å². The molecule has 6 N–H and O–H groups in total. The van der Waals surface area contributed by atoms with Crippen LogP contribution in [0.2, 0.25) is 0 Å². The number of rotatable bonds is 9. The predicted molar refractivity (Wildman–Crippen MR) is 129 cm³/mol. The second-order valence-corrected chi connectivity index (χ2v) is 8.30. The molecule has 10 heteroatoms. The number of hydrogen-bond donors (Lipinski definition) is 4. The molecule has 34 heavy (non-hydrogen) atoms. The molecule has 2 unspecified atom stereocenters.